The van der Waals surface area contributed by atoms with Crippen LogP contribution in [0.4, 0.5) is 17.5 Å². The summed E-state index contributed by atoms with van der Waals surface area (Å²) in [6, 6.07) is 19.1. The summed E-state index contributed by atoms with van der Waals surface area (Å²) in [4.78, 5) is 9.18. The van der Waals surface area contributed by atoms with Gasteiger partial charge in [0.05, 0.1) is 18.3 Å². The molecule has 26 heavy (non-hydrogen) atoms. The molecule has 0 amide bonds. The van der Waals surface area contributed by atoms with Gasteiger partial charge in [-0.05, 0) is 42.5 Å². The Morgan fingerprint density at radius 1 is 0.962 bits per heavy atom. The number of anilines is 3. The van der Waals surface area contributed by atoms with E-state index in [0.29, 0.717) is 17.5 Å². The lowest BCUT2D eigenvalue weighted by Gasteiger charge is -2.11. The van der Waals surface area contributed by atoms with Crippen LogP contribution in [0.25, 0.3) is 10.9 Å². The van der Waals surface area contributed by atoms with E-state index >= 15 is 0 Å². The molecule has 4 rings (SSSR count). The zero-order chi connectivity index (χ0) is 17.1. The van der Waals surface area contributed by atoms with Crippen LogP contribution >= 0.6 is 24.0 Å². The molecule has 0 saturated carbocycles. The maximum absolute atomic E-state index is 6.04. The van der Waals surface area contributed by atoms with E-state index in [0.717, 1.165) is 28.2 Å². The smallest absolute Gasteiger partial charge is 0.229 e. The van der Waals surface area contributed by atoms with E-state index in [1.54, 1.807) is 6.26 Å². The molecule has 0 saturated heterocycles. The molecule has 4 aromatic rings. The summed E-state index contributed by atoms with van der Waals surface area (Å²) in [5.41, 5.74) is 1.68. The lowest BCUT2D eigenvalue weighted by molar-refractivity contribution is 0.518. The normalized spacial score (nSPS) is 10.3. The summed E-state index contributed by atoms with van der Waals surface area (Å²) in [6.45, 7) is 0.546. The molecule has 132 valence electrons. The molecule has 0 bridgehead atoms. The minimum atomic E-state index is 0. The van der Waals surface area contributed by atoms with Gasteiger partial charge in [-0.1, -0.05) is 29.8 Å². The topological polar surface area (TPSA) is 63.0 Å². The molecule has 0 unspecified atom stereocenters. The van der Waals surface area contributed by atoms with Crippen LogP contribution in [0.3, 0.4) is 0 Å². The van der Waals surface area contributed by atoms with Crippen LogP contribution in [0.1, 0.15) is 5.76 Å². The van der Waals surface area contributed by atoms with Crippen molar-refractivity contribution in [3.05, 3.63) is 77.7 Å². The van der Waals surface area contributed by atoms with Crippen molar-refractivity contribution in [3.8, 4) is 0 Å². The monoisotopic (exact) mass is 386 g/mol. The number of benzene rings is 2. The molecule has 2 heterocycles. The fourth-order valence-corrected chi connectivity index (χ4v) is 2.74. The first kappa shape index (κ1) is 18.0. The van der Waals surface area contributed by atoms with E-state index in [1.165, 1.54) is 0 Å². The van der Waals surface area contributed by atoms with Crippen molar-refractivity contribution >= 4 is 52.4 Å². The molecule has 2 N–H and O–H groups in total. The number of para-hydroxylation sites is 1. The highest BCUT2D eigenvalue weighted by molar-refractivity contribution is 6.30. The number of aromatic nitrogens is 2. The first-order valence-electron chi connectivity index (χ1n) is 7.83. The Morgan fingerprint density at radius 2 is 1.85 bits per heavy atom. The van der Waals surface area contributed by atoms with Gasteiger partial charge in [0.2, 0.25) is 5.95 Å². The first-order valence-corrected chi connectivity index (χ1v) is 8.21. The van der Waals surface area contributed by atoms with Gasteiger partial charge in [-0.25, -0.2) is 4.98 Å². The molecule has 5 nitrogen and oxygen atoms in total. The van der Waals surface area contributed by atoms with Crippen molar-refractivity contribution in [1.29, 1.82) is 0 Å². The summed E-state index contributed by atoms with van der Waals surface area (Å²) in [6.07, 6.45) is 1.65. The van der Waals surface area contributed by atoms with E-state index in [-0.39, 0.29) is 12.4 Å². The molecule has 0 aliphatic rings. The average Bonchev–Trinajstić information content (AvgIpc) is 3.13. The molecule has 2 aromatic heterocycles. The van der Waals surface area contributed by atoms with E-state index in [2.05, 4.69) is 20.6 Å². The number of hydrogen-bond donors (Lipinski definition) is 2. The highest BCUT2D eigenvalue weighted by Crippen LogP contribution is 2.25. The number of furan rings is 1. The first-order chi connectivity index (χ1) is 12.3. The molecule has 0 aliphatic heterocycles. The molecule has 0 aliphatic carbocycles. The largest absolute Gasteiger partial charge is 0.467 e. The van der Waals surface area contributed by atoms with Crippen LogP contribution in [0.5, 0.6) is 0 Å². The van der Waals surface area contributed by atoms with E-state index < -0.39 is 0 Å². The standard InChI is InChI=1S/C19H15ClN4O.ClH/c20-13-5-3-6-14(11-13)22-19-23-17-9-2-1-8-16(17)18(24-19)21-12-15-7-4-10-25-15;/h1-11H,12H2,(H2,21,22,23,24);1H. The highest BCUT2D eigenvalue weighted by atomic mass is 35.5. The third-order valence-corrected chi connectivity index (χ3v) is 3.93. The molecular weight excluding hydrogens is 371 g/mol. The number of nitrogens with zero attached hydrogens (tertiary/aromatic N) is 2. The summed E-state index contributed by atoms with van der Waals surface area (Å²) in [5, 5.41) is 8.12. The minimum Gasteiger partial charge on any atom is -0.467 e. The SMILES string of the molecule is Cl.Clc1cccc(Nc2nc(NCc3ccco3)c3ccccc3n2)c1. The molecule has 0 atom stereocenters. The zero-order valence-electron chi connectivity index (χ0n) is 13.6. The van der Waals surface area contributed by atoms with Crippen molar-refractivity contribution in [2.24, 2.45) is 0 Å². The van der Waals surface area contributed by atoms with Crippen LogP contribution in [0, 0.1) is 0 Å². The molecular formula is C19H16Cl2N4O. The van der Waals surface area contributed by atoms with Gasteiger partial charge < -0.3 is 15.1 Å². The number of nitrogens with one attached hydrogen (secondary N) is 2. The van der Waals surface area contributed by atoms with Gasteiger partial charge in [0, 0.05) is 16.1 Å². The highest BCUT2D eigenvalue weighted by Gasteiger charge is 2.08. The maximum atomic E-state index is 6.04. The Hall–Kier alpha value is -2.76. The van der Waals surface area contributed by atoms with Crippen LogP contribution in [-0.2, 0) is 6.54 Å². The summed E-state index contributed by atoms with van der Waals surface area (Å²) < 4.78 is 5.37. The van der Waals surface area contributed by atoms with Crippen LogP contribution in [0.2, 0.25) is 5.02 Å². The van der Waals surface area contributed by atoms with Gasteiger partial charge in [-0.3, -0.25) is 0 Å². The van der Waals surface area contributed by atoms with Crippen molar-refractivity contribution in [2.45, 2.75) is 6.54 Å². The lowest BCUT2D eigenvalue weighted by Crippen LogP contribution is -2.05. The third kappa shape index (κ3) is 4.07. The van der Waals surface area contributed by atoms with E-state index in [9.17, 15) is 0 Å². The molecule has 0 fully saturated rings. The number of fused-ring (bicyclic) bond motifs is 1. The Morgan fingerprint density at radius 3 is 2.65 bits per heavy atom. The Labute approximate surface area is 161 Å². The van der Waals surface area contributed by atoms with Crippen molar-refractivity contribution < 1.29 is 4.42 Å². The van der Waals surface area contributed by atoms with Gasteiger partial charge in [0.1, 0.15) is 11.6 Å². The van der Waals surface area contributed by atoms with Gasteiger partial charge >= 0.3 is 0 Å². The van der Waals surface area contributed by atoms with Gasteiger partial charge in [0.15, 0.2) is 0 Å². The van der Waals surface area contributed by atoms with Crippen molar-refractivity contribution in [2.75, 3.05) is 10.6 Å². The van der Waals surface area contributed by atoms with Crippen molar-refractivity contribution in [3.63, 3.8) is 0 Å². The summed E-state index contributed by atoms with van der Waals surface area (Å²) >= 11 is 6.04. The Kier molecular flexibility index (Phi) is 5.61. The predicted octanol–water partition coefficient (Wildman–Crippen LogP) is 5.65. The number of halogens is 2. The van der Waals surface area contributed by atoms with Gasteiger partial charge in [-0.2, -0.15) is 4.98 Å². The van der Waals surface area contributed by atoms with E-state index in [1.807, 2.05) is 60.7 Å². The molecule has 7 heteroatoms. The van der Waals surface area contributed by atoms with Crippen molar-refractivity contribution in [1.82, 2.24) is 9.97 Å². The zero-order valence-corrected chi connectivity index (χ0v) is 15.2. The summed E-state index contributed by atoms with van der Waals surface area (Å²) in [7, 11) is 0. The summed E-state index contributed by atoms with van der Waals surface area (Å²) in [5.74, 6) is 2.08. The fourth-order valence-electron chi connectivity index (χ4n) is 2.55. The minimum absolute atomic E-state index is 0. The predicted molar refractivity (Wildman–Crippen MR) is 108 cm³/mol. The second-order valence-corrected chi connectivity index (χ2v) is 5.92. The maximum Gasteiger partial charge on any atom is 0.229 e. The lowest BCUT2D eigenvalue weighted by atomic mass is 10.2. The number of hydrogen-bond acceptors (Lipinski definition) is 5. The number of rotatable bonds is 5. The third-order valence-electron chi connectivity index (χ3n) is 3.69. The van der Waals surface area contributed by atoms with Crippen LogP contribution in [0.15, 0.2) is 71.3 Å². The Balaban J connectivity index is 0.00000196. The molecule has 2 aromatic carbocycles. The van der Waals surface area contributed by atoms with Crippen LogP contribution in [-0.4, -0.2) is 9.97 Å². The second-order valence-electron chi connectivity index (χ2n) is 5.48. The second kappa shape index (κ2) is 8.08. The van der Waals surface area contributed by atoms with Gasteiger partial charge in [0.25, 0.3) is 0 Å². The quantitative estimate of drug-likeness (QED) is 0.463. The average molecular weight is 387 g/mol. The molecule has 0 spiro atoms. The molecule has 0 radical (unpaired) electrons. The Bertz CT molecular complexity index is 1010. The van der Waals surface area contributed by atoms with E-state index in [4.69, 9.17) is 16.0 Å². The van der Waals surface area contributed by atoms with Gasteiger partial charge in [-0.15, -0.1) is 12.4 Å². The van der Waals surface area contributed by atoms with Crippen LogP contribution < -0.4 is 10.6 Å². The fraction of sp³-hybridized carbons (Fsp3) is 0.0526.